The molecule has 29 heavy (non-hydrogen) atoms. The molecule has 0 aliphatic rings. The molecule has 1 aromatic heterocycles. The highest BCUT2D eigenvalue weighted by Crippen LogP contribution is 2.22. The van der Waals surface area contributed by atoms with Crippen LogP contribution in [0.4, 0.5) is 9.39 Å². The summed E-state index contributed by atoms with van der Waals surface area (Å²) in [5.41, 5.74) is -0.338. The SMILES string of the molecule is CCN(CC)S(=O)(=O)c1ccc(F)c(C(=O)OCC(=O)Nc2sccc2C#N)c1. The van der Waals surface area contributed by atoms with Gasteiger partial charge in [0.25, 0.3) is 5.91 Å². The highest BCUT2D eigenvalue weighted by atomic mass is 32.2. The first kappa shape index (κ1) is 22.5. The molecule has 0 fully saturated rings. The van der Waals surface area contributed by atoms with Crippen LogP contribution >= 0.6 is 11.3 Å². The Bertz CT molecular complexity index is 1060. The van der Waals surface area contributed by atoms with E-state index in [2.05, 4.69) is 5.32 Å². The lowest BCUT2D eigenvalue weighted by Crippen LogP contribution is -2.30. The molecule has 0 bridgehead atoms. The summed E-state index contributed by atoms with van der Waals surface area (Å²) in [5.74, 6) is -2.87. The summed E-state index contributed by atoms with van der Waals surface area (Å²) in [6.45, 7) is 3.01. The molecule has 2 aromatic rings. The molecule has 0 saturated heterocycles. The highest BCUT2D eigenvalue weighted by molar-refractivity contribution is 7.89. The summed E-state index contributed by atoms with van der Waals surface area (Å²) in [4.78, 5) is 23.8. The number of ether oxygens (including phenoxy) is 1. The minimum atomic E-state index is -3.90. The number of nitrogens with zero attached hydrogens (tertiary/aromatic N) is 2. The normalized spacial score (nSPS) is 11.1. The Hall–Kier alpha value is -2.81. The van der Waals surface area contributed by atoms with E-state index in [1.807, 2.05) is 6.07 Å². The van der Waals surface area contributed by atoms with Gasteiger partial charge in [-0.05, 0) is 29.6 Å². The fourth-order valence-electron chi connectivity index (χ4n) is 2.40. The first-order valence-electron chi connectivity index (χ1n) is 8.48. The van der Waals surface area contributed by atoms with E-state index in [0.29, 0.717) is 5.00 Å². The van der Waals surface area contributed by atoms with Crippen LogP contribution in [-0.2, 0) is 19.6 Å². The third-order valence-corrected chi connectivity index (χ3v) is 6.75. The van der Waals surface area contributed by atoms with Gasteiger partial charge in [0.15, 0.2) is 6.61 Å². The Morgan fingerprint density at radius 1 is 1.28 bits per heavy atom. The van der Waals surface area contributed by atoms with Crippen LogP contribution in [0.2, 0.25) is 0 Å². The van der Waals surface area contributed by atoms with Crippen LogP contribution in [0.15, 0.2) is 34.5 Å². The number of carbonyl (C=O) groups is 2. The van der Waals surface area contributed by atoms with Crippen molar-refractivity contribution in [3.8, 4) is 6.07 Å². The van der Waals surface area contributed by atoms with Gasteiger partial charge >= 0.3 is 5.97 Å². The predicted molar refractivity (Wildman–Crippen MR) is 104 cm³/mol. The zero-order valence-corrected chi connectivity index (χ0v) is 17.3. The Labute approximate surface area is 171 Å². The van der Waals surface area contributed by atoms with Gasteiger partial charge in [0.05, 0.1) is 16.0 Å². The van der Waals surface area contributed by atoms with Gasteiger partial charge in [-0.3, -0.25) is 4.79 Å². The van der Waals surface area contributed by atoms with E-state index in [-0.39, 0.29) is 23.5 Å². The van der Waals surface area contributed by atoms with Crippen LogP contribution in [-0.4, -0.2) is 44.3 Å². The molecule has 0 radical (unpaired) electrons. The summed E-state index contributed by atoms with van der Waals surface area (Å²) in [7, 11) is -3.90. The van der Waals surface area contributed by atoms with Crippen LogP contribution in [0.5, 0.6) is 0 Å². The van der Waals surface area contributed by atoms with Gasteiger partial charge in [-0.2, -0.15) is 9.57 Å². The van der Waals surface area contributed by atoms with Crippen LogP contribution in [0, 0.1) is 17.1 Å². The molecule has 154 valence electrons. The average Bonchev–Trinajstić information content (AvgIpc) is 3.14. The average molecular weight is 439 g/mol. The minimum absolute atomic E-state index is 0.212. The molecule has 0 spiro atoms. The Kier molecular flexibility index (Phi) is 7.44. The van der Waals surface area contributed by atoms with Crippen molar-refractivity contribution in [1.82, 2.24) is 4.31 Å². The number of nitrogens with one attached hydrogen (secondary N) is 1. The largest absolute Gasteiger partial charge is 0.452 e. The third-order valence-electron chi connectivity index (χ3n) is 3.87. The number of anilines is 1. The zero-order chi connectivity index (χ0) is 21.6. The Balaban J connectivity index is 2.13. The van der Waals surface area contributed by atoms with Crippen LogP contribution in [0.1, 0.15) is 29.8 Å². The number of thiophene rings is 1. The summed E-state index contributed by atoms with van der Waals surface area (Å²) >= 11 is 1.12. The van der Waals surface area contributed by atoms with Gasteiger partial charge in [0.2, 0.25) is 10.0 Å². The first-order valence-corrected chi connectivity index (χ1v) is 10.8. The maximum atomic E-state index is 14.1. The second-order valence-corrected chi connectivity index (χ2v) is 8.48. The van der Waals surface area contributed by atoms with Crippen molar-refractivity contribution in [3.05, 3.63) is 46.6 Å². The van der Waals surface area contributed by atoms with Gasteiger partial charge in [0, 0.05) is 13.1 Å². The van der Waals surface area contributed by atoms with E-state index >= 15 is 0 Å². The second kappa shape index (κ2) is 9.60. The number of hydrogen-bond acceptors (Lipinski definition) is 7. The van der Waals surface area contributed by atoms with Crippen molar-refractivity contribution >= 4 is 38.2 Å². The second-order valence-electron chi connectivity index (χ2n) is 5.63. The number of halogens is 1. The van der Waals surface area contributed by atoms with Gasteiger partial charge in [-0.15, -0.1) is 11.3 Å². The minimum Gasteiger partial charge on any atom is -0.452 e. The van der Waals surface area contributed by atoms with Gasteiger partial charge in [-0.1, -0.05) is 13.8 Å². The number of rotatable bonds is 8. The number of sulfonamides is 1. The van der Waals surface area contributed by atoms with Crippen LogP contribution < -0.4 is 5.32 Å². The summed E-state index contributed by atoms with van der Waals surface area (Å²) in [6.07, 6.45) is 0. The lowest BCUT2D eigenvalue weighted by atomic mass is 10.2. The van der Waals surface area contributed by atoms with Crippen molar-refractivity contribution in [2.75, 3.05) is 25.0 Å². The molecule has 0 atom stereocenters. The van der Waals surface area contributed by atoms with Crippen molar-refractivity contribution in [1.29, 1.82) is 5.26 Å². The lowest BCUT2D eigenvalue weighted by molar-refractivity contribution is -0.119. The fourth-order valence-corrected chi connectivity index (χ4v) is 4.64. The molecule has 8 nitrogen and oxygen atoms in total. The number of amides is 1. The van der Waals surface area contributed by atoms with E-state index in [0.717, 1.165) is 33.8 Å². The molecule has 0 aliphatic carbocycles. The monoisotopic (exact) mass is 439 g/mol. The summed E-state index contributed by atoms with van der Waals surface area (Å²) < 4.78 is 45.1. The number of nitriles is 1. The van der Waals surface area contributed by atoms with Crippen molar-refractivity contribution in [3.63, 3.8) is 0 Å². The van der Waals surface area contributed by atoms with E-state index in [1.54, 1.807) is 19.2 Å². The number of benzene rings is 1. The van der Waals surface area contributed by atoms with E-state index < -0.39 is 39.9 Å². The quantitative estimate of drug-likeness (QED) is 0.632. The molecule has 11 heteroatoms. The van der Waals surface area contributed by atoms with E-state index in [1.165, 1.54) is 6.07 Å². The van der Waals surface area contributed by atoms with Crippen LogP contribution in [0.25, 0.3) is 0 Å². The van der Waals surface area contributed by atoms with Gasteiger partial charge < -0.3 is 10.1 Å². The molecular weight excluding hydrogens is 421 g/mol. The fraction of sp³-hybridized carbons (Fsp3) is 0.278. The van der Waals surface area contributed by atoms with Crippen molar-refractivity contribution in [2.24, 2.45) is 0 Å². The lowest BCUT2D eigenvalue weighted by Gasteiger charge is -2.18. The molecule has 1 amide bonds. The molecule has 1 N–H and O–H groups in total. The molecule has 0 unspecified atom stereocenters. The molecule has 1 aromatic carbocycles. The van der Waals surface area contributed by atoms with E-state index in [4.69, 9.17) is 10.00 Å². The first-order chi connectivity index (χ1) is 13.7. The maximum absolute atomic E-state index is 14.1. The molecule has 1 heterocycles. The standard InChI is InChI=1S/C18H18FN3O5S2/c1-3-22(4-2)29(25,26)13-5-6-15(19)14(9-13)18(24)27-11-16(23)21-17-12(10-20)7-8-28-17/h5-9H,3-4,11H2,1-2H3,(H,21,23). The predicted octanol–water partition coefficient (Wildman–Crippen LogP) is 2.58. The van der Waals surface area contributed by atoms with E-state index in [9.17, 15) is 22.4 Å². The summed E-state index contributed by atoms with van der Waals surface area (Å²) in [6, 6.07) is 6.22. The molecule has 0 aliphatic heterocycles. The zero-order valence-electron chi connectivity index (χ0n) is 15.6. The third kappa shape index (κ3) is 5.17. The van der Waals surface area contributed by atoms with Gasteiger partial charge in [0.1, 0.15) is 16.9 Å². The molecular formula is C18H18FN3O5S2. The molecule has 0 saturated carbocycles. The van der Waals surface area contributed by atoms with Crippen molar-refractivity contribution in [2.45, 2.75) is 18.7 Å². The summed E-state index contributed by atoms with van der Waals surface area (Å²) in [5, 5.41) is 13.2. The van der Waals surface area contributed by atoms with Gasteiger partial charge in [-0.25, -0.2) is 17.6 Å². The molecule has 2 rings (SSSR count). The smallest absolute Gasteiger partial charge is 0.341 e. The van der Waals surface area contributed by atoms with Crippen LogP contribution in [0.3, 0.4) is 0 Å². The Morgan fingerprint density at radius 3 is 2.59 bits per heavy atom. The topological polar surface area (TPSA) is 117 Å². The Morgan fingerprint density at radius 2 is 1.97 bits per heavy atom. The number of hydrogen-bond donors (Lipinski definition) is 1. The number of carbonyl (C=O) groups excluding carboxylic acids is 2. The number of esters is 1. The maximum Gasteiger partial charge on any atom is 0.341 e. The van der Waals surface area contributed by atoms with Crippen molar-refractivity contribution < 1.29 is 27.1 Å². The highest BCUT2D eigenvalue weighted by Gasteiger charge is 2.25.